The second-order valence-corrected chi connectivity index (χ2v) is 6.56. The number of aliphatic hydroxyl groups excluding tert-OH is 1. The molecule has 4 aliphatic rings. The third-order valence-corrected chi connectivity index (χ3v) is 5.71. The number of ether oxygens (including phenoxy) is 2. The maximum atomic E-state index is 12.1. The average molecular weight is 280 g/mol. The van der Waals surface area contributed by atoms with Crippen LogP contribution in [0.3, 0.4) is 0 Å². The van der Waals surface area contributed by atoms with Gasteiger partial charge in [0.15, 0.2) is 0 Å². The molecule has 2 aliphatic heterocycles. The molecule has 1 saturated carbocycles. The van der Waals surface area contributed by atoms with E-state index >= 15 is 0 Å². The molecule has 0 unspecified atom stereocenters. The molecule has 2 heterocycles. The lowest BCUT2D eigenvalue weighted by Gasteiger charge is -2.56. The lowest BCUT2D eigenvalue weighted by atomic mass is 9.51. The molecule has 1 spiro atoms. The zero-order chi connectivity index (χ0) is 14.3. The summed E-state index contributed by atoms with van der Waals surface area (Å²) in [6, 6.07) is 0. The predicted molar refractivity (Wildman–Crippen MR) is 64.3 cm³/mol. The predicted octanol–water partition coefficient (Wildman–Crippen LogP) is -0.323. The number of cyclic esters (lactones) is 1. The number of aliphatic hydroxyl groups is 2. The summed E-state index contributed by atoms with van der Waals surface area (Å²) in [6.07, 6.45) is 1.02. The van der Waals surface area contributed by atoms with Gasteiger partial charge < -0.3 is 19.7 Å². The minimum Gasteiger partial charge on any atom is -0.462 e. The Morgan fingerprint density at radius 1 is 1.40 bits per heavy atom. The van der Waals surface area contributed by atoms with Crippen molar-refractivity contribution in [2.75, 3.05) is 6.61 Å². The van der Waals surface area contributed by atoms with Crippen molar-refractivity contribution in [3.63, 3.8) is 0 Å². The summed E-state index contributed by atoms with van der Waals surface area (Å²) in [6.45, 7) is 1.80. The van der Waals surface area contributed by atoms with E-state index in [1.165, 1.54) is 0 Å². The maximum Gasteiger partial charge on any atom is 0.343 e. The molecule has 2 bridgehead atoms. The van der Waals surface area contributed by atoms with E-state index in [2.05, 4.69) is 0 Å². The van der Waals surface area contributed by atoms with Crippen LogP contribution in [0.1, 0.15) is 26.2 Å². The minimum absolute atomic E-state index is 0.0523. The van der Waals surface area contributed by atoms with E-state index in [-0.39, 0.29) is 19.4 Å². The van der Waals surface area contributed by atoms with Gasteiger partial charge in [0, 0.05) is 11.8 Å². The van der Waals surface area contributed by atoms with Crippen molar-refractivity contribution in [3.8, 4) is 0 Å². The first-order valence-electron chi connectivity index (χ1n) is 6.83. The third kappa shape index (κ3) is 1.03. The van der Waals surface area contributed by atoms with Crippen molar-refractivity contribution in [3.05, 3.63) is 11.6 Å². The third-order valence-electron chi connectivity index (χ3n) is 5.71. The molecule has 0 aromatic heterocycles. The molecule has 108 valence electrons. The Morgan fingerprint density at radius 3 is 2.90 bits per heavy atom. The molecular formula is C14H16O6. The summed E-state index contributed by atoms with van der Waals surface area (Å²) < 4.78 is 10.3. The van der Waals surface area contributed by atoms with Gasteiger partial charge >= 0.3 is 11.9 Å². The van der Waals surface area contributed by atoms with Crippen LogP contribution in [-0.4, -0.2) is 46.6 Å². The lowest BCUT2D eigenvalue weighted by Crippen LogP contribution is -2.68. The van der Waals surface area contributed by atoms with E-state index in [1.807, 2.05) is 6.08 Å². The summed E-state index contributed by atoms with van der Waals surface area (Å²) in [5, 5.41) is 21.3. The van der Waals surface area contributed by atoms with Gasteiger partial charge in [-0.2, -0.15) is 0 Å². The van der Waals surface area contributed by atoms with Gasteiger partial charge in [-0.1, -0.05) is 11.6 Å². The van der Waals surface area contributed by atoms with Crippen molar-refractivity contribution in [1.82, 2.24) is 0 Å². The molecule has 0 amide bonds. The molecule has 0 aromatic rings. The normalized spacial score (nSPS) is 52.9. The minimum atomic E-state index is -1.84. The summed E-state index contributed by atoms with van der Waals surface area (Å²) in [5.74, 6) is -1.22. The molecule has 6 nitrogen and oxygen atoms in total. The highest BCUT2D eigenvalue weighted by atomic mass is 16.6. The molecule has 2 N–H and O–H groups in total. The smallest absolute Gasteiger partial charge is 0.343 e. The van der Waals surface area contributed by atoms with E-state index in [4.69, 9.17) is 9.47 Å². The van der Waals surface area contributed by atoms with Gasteiger partial charge in [-0.25, -0.2) is 4.79 Å². The van der Waals surface area contributed by atoms with Crippen molar-refractivity contribution in [1.29, 1.82) is 0 Å². The average Bonchev–Trinajstić information content (AvgIpc) is 2.81. The number of carbonyl (C=O) groups is 2. The van der Waals surface area contributed by atoms with E-state index in [0.717, 1.165) is 5.57 Å². The van der Waals surface area contributed by atoms with Gasteiger partial charge in [-0.05, 0) is 13.3 Å². The second kappa shape index (κ2) is 3.26. The number of carbonyl (C=O) groups excluding carboxylic acids is 2. The first-order valence-corrected chi connectivity index (χ1v) is 6.83. The summed E-state index contributed by atoms with van der Waals surface area (Å²) in [4.78, 5) is 23.9. The molecule has 2 aliphatic carbocycles. The molecule has 0 aromatic carbocycles. The van der Waals surface area contributed by atoms with Gasteiger partial charge in [0.1, 0.15) is 12.7 Å². The van der Waals surface area contributed by atoms with Crippen LogP contribution in [0.25, 0.3) is 0 Å². The first-order chi connectivity index (χ1) is 9.34. The molecule has 3 fully saturated rings. The van der Waals surface area contributed by atoms with Crippen molar-refractivity contribution >= 4 is 11.9 Å². The Labute approximate surface area is 115 Å². The van der Waals surface area contributed by atoms with Crippen LogP contribution < -0.4 is 0 Å². The van der Waals surface area contributed by atoms with Gasteiger partial charge in [0.25, 0.3) is 0 Å². The molecular weight excluding hydrogens is 264 g/mol. The Morgan fingerprint density at radius 2 is 2.15 bits per heavy atom. The van der Waals surface area contributed by atoms with Crippen molar-refractivity contribution in [2.24, 2.45) is 10.8 Å². The summed E-state index contributed by atoms with van der Waals surface area (Å²) >= 11 is 0. The lowest BCUT2D eigenvalue weighted by molar-refractivity contribution is -0.217. The second-order valence-electron chi connectivity index (χ2n) is 6.56. The Balaban J connectivity index is 1.96. The monoisotopic (exact) mass is 280 g/mol. The van der Waals surface area contributed by atoms with E-state index < -0.39 is 40.6 Å². The van der Waals surface area contributed by atoms with Crippen LogP contribution in [0.4, 0.5) is 0 Å². The zero-order valence-corrected chi connectivity index (χ0v) is 11.1. The van der Waals surface area contributed by atoms with E-state index in [0.29, 0.717) is 6.42 Å². The first kappa shape index (κ1) is 12.3. The molecule has 0 radical (unpaired) electrons. The highest BCUT2D eigenvalue weighted by Crippen LogP contribution is 2.65. The standard InChI is InChI=1S/C14H16O6/c1-12-6-19-11(17)14(12,18)9-4-13(5-10(16)20-9)7(12)2-3-8(13)15/h2,8-9,15,18H,3-6H2,1H3/t8-,9-,12-,13+,14+/m1/s1. The van der Waals surface area contributed by atoms with E-state index in [9.17, 15) is 19.8 Å². The molecule has 4 rings (SSSR count). The van der Waals surface area contributed by atoms with Gasteiger partial charge in [0.2, 0.25) is 5.60 Å². The summed E-state index contributed by atoms with van der Waals surface area (Å²) in [7, 11) is 0. The Hall–Kier alpha value is -1.40. The van der Waals surface area contributed by atoms with Crippen molar-refractivity contribution in [2.45, 2.75) is 44.0 Å². The Bertz CT molecular complexity index is 568. The summed E-state index contributed by atoms with van der Waals surface area (Å²) in [5.41, 5.74) is -2.72. The molecule has 6 heteroatoms. The fourth-order valence-corrected chi connectivity index (χ4v) is 4.63. The fraction of sp³-hybridized carbons (Fsp3) is 0.714. The maximum absolute atomic E-state index is 12.1. The number of esters is 2. The van der Waals surface area contributed by atoms with Gasteiger partial charge in [0.05, 0.1) is 17.9 Å². The SMILES string of the molecule is C[C@]12COC(=O)[C@@]1(O)[C@H]1C[C@]3(CC(=O)O1)C2=CC[C@H]3O. The number of hydrogen-bond acceptors (Lipinski definition) is 6. The molecule has 2 saturated heterocycles. The zero-order valence-electron chi connectivity index (χ0n) is 11.1. The molecule has 5 atom stereocenters. The van der Waals surface area contributed by atoms with Gasteiger partial charge in [-0.15, -0.1) is 0 Å². The number of fused-ring (bicyclic) bond motifs is 4. The number of rotatable bonds is 0. The largest absolute Gasteiger partial charge is 0.462 e. The van der Waals surface area contributed by atoms with Crippen LogP contribution in [0.5, 0.6) is 0 Å². The van der Waals surface area contributed by atoms with Crippen LogP contribution in [0.15, 0.2) is 11.6 Å². The fourth-order valence-electron chi connectivity index (χ4n) is 4.63. The van der Waals surface area contributed by atoms with Crippen LogP contribution in [0.2, 0.25) is 0 Å². The highest BCUT2D eigenvalue weighted by molar-refractivity contribution is 5.87. The quantitative estimate of drug-likeness (QED) is 0.466. The topological polar surface area (TPSA) is 93.1 Å². The van der Waals surface area contributed by atoms with Crippen LogP contribution in [0, 0.1) is 10.8 Å². The van der Waals surface area contributed by atoms with Crippen molar-refractivity contribution < 1.29 is 29.3 Å². The number of hydrogen-bond donors (Lipinski definition) is 2. The highest BCUT2D eigenvalue weighted by Gasteiger charge is 2.76. The van der Waals surface area contributed by atoms with Crippen LogP contribution in [-0.2, 0) is 19.1 Å². The van der Waals surface area contributed by atoms with Gasteiger partial charge in [-0.3, -0.25) is 4.79 Å². The van der Waals surface area contributed by atoms with E-state index in [1.54, 1.807) is 6.92 Å². The Kier molecular flexibility index (Phi) is 2.01. The van der Waals surface area contributed by atoms with Crippen LogP contribution >= 0.6 is 0 Å². The molecule has 20 heavy (non-hydrogen) atoms.